The Kier molecular flexibility index (Phi) is 5.15. The number of fused-ring (bicyclic) bond motifs is 1. The van der Waals surface area contributed by atoms with Crippen LogP contribution in [0.2, 0.25) is 5.02 Å². The number of halogens is 2. The van der Waals surface area contributed by atoms with E-state index < -0.39 is 10.7 Å². The SMILES string of the molecule is O=[N+]([O-])c1ccc(N2CCCN(Cc3cn4cc(Cl)ccc4n3)CC2)c(F)c1. The first kappa shape index (κ1) is 18.6. The molecule has 3 heterocycles. The van der Waals surface area contributed by atoms with Crippen molar-refractivity contribution in [3.05, 3.63) is 69.4 Å². The highest BCUT2D eigenvalue weighted by Gasteiger charge is 2.20. The number of benzene rings is 1. The van der Waals surface area contributed by atoms with Gasteiger partial charge in [-0.25, -0.2) is 9.37 Å². The summed E-state index contributed by atoms with van der Waals surface area (Å²) in [7, 11) is 0. The van der Waals surface area contributed by atoms with Crippen LogP contribution in [0, 0.1) is 15.9 Å². The molecule has 0 atom stereocenters. The van der Waals surface area contributed by atoms with Gasteiger partial charge in [-0.2, -0.15) is 0 Å². The summed E-state index contributed by atoms with van der Waals surface area (Å²) in [6.07, 6.45) is 4.67. The zero-order chi connectivity index (χ0) is 19.7. The fourth-order valence-corrected chi connectivity index (χ4v) is 3.73. The third-order valence-corrected chi connectivity index (χ3v) is 5.15. The average Bonchev–Trinajstić information content (AvgIpc) is 2.90. The molecular weight excluding hydrogens is 385 g/mol. The number of nitro benzene ring substituents is 1. The average molecular weight is 404 g/mol. The Balaban J connectivity index is 1.44. The van der Waals surface area contributed by atoms with Gasteiger partial charge in [0.1, 0.15) is 5.65 Å². The molecule has 0 amide bonds. The molecule has 146 valence electrons. The monoisotopic (exact) mass is 403 g/mol. The van der Waals surface area contributed by atoms with Gasteiger partial charge in [-0.3, -0.25) is 15.0 Å². The number of hydrogen-bond acceptors (Lipinski definition) is 5. The molecule has 3 aromatic rings. The van der Waals surface area contributed by atoms with E-state index in [1.807, 2.05) is 33.8 Å². The molecular formula is C19H19ClFN5O2. The zero-order valence-electron chi connectivity index (χ0n) is 15.1. The highest BCUT2D eigenvalue weighted by atomic mass is 35.5. The van der Waals surface area contributed by atoms with Crippen LogP contribution in [-0.4, -0.2) is 45.4 Å². The molecule has 1 aliphatic heterocycles. The van der Waals surface area contributed by atoms with Crippen molar-refractivity contribution in [3.8, 4) is 0 Å². The van der Waals surface area contributed by atoms with Crippen LogP contribution in [-0.2, 0) is 6.54 Å². The molecule has 1 fully saturated rings. The van der Waals surface area contributed by atoms with Gasteiger partial charge in [-0.15, -0.1) is 0 Å². The number of nitrogens with zero attached hydrogens (tertiary/aromatic N) is 5. The van der Waals surface area contributed by atoms with Crippen LogP contribution in [0.3, 0.4) is 0 Å². The van der Waals surface area contributed by atoms with Crippen molar-refractivity contribution in [3.63, 3.8) is 0 Å². The van der Waals surface area contributed by atoms with Gasteiger partial charge in [-0.1, -0.05) is 11.6 Å². The molecule has 0 unspecified atom stereocenters. The summed E-state index contributed by atoms with van der Waals surface area (Å²) in [5.74, 6) is -0.556. The first-order chi connectivity index (χ1) is 13.5. The lowest BCUT2D eigenvalue weighted by molar-refractivity contribution is -0.385. The Morgan fingerprint density at radius 3 is 2.79 bits per heavy atom. The topological polar surface area (TPSA) is 66.9 Å². The van der Waals surface area contributed by atoms with Gasteiger partial charge in [0, 0.05) is 51.2 Å². The van der Waals surface area contributed by atoms with Crippen LogP contribution in [0.4, 0.5) is 15.8 Å². The predicted octanol–water partition coefficient (Wildman–Crippen LogP) is 3.75. The molecule has 0 spiro atoms. The molecule has 0 saturated carbocycles. The smallest absolute Gasteiger partial charge is 0.272 e. The fraction of sp³-hybridized carbons (Fsp3) is 0.316. The second-order valence-corrected chi connectivity index (χ2v) is 7.29. The van der Waals surface area contributed by atoms with Crippen molar-refractivity contribution in [2.24, 2.45) is 0 Å². The summed E-state index contributed by atoms with van der Waals surface area (Å²) in [6, 6.07) is 7.53. The number of pyridine rings is 1. The highest BCUT2D eigenvalue weighted by Crippen LogP contribution is 2.25. The summed E-state index contributed by atoms with van der Waals surface area (Å²) >= 11 is 6.02. The number of rotatable bonds is 4. The number of imidazole rings is 1. The molecule has 2 aromatic heterocycles. The second kappa shape index (κ2) is 7.73. The van der Waals surface area contributed by atoms with Gasteiger partial charge in [0.15, 0.2) is 5.82 Å². The summed E-state index contributed by atoms with van der Waals surface area (Å²) in [6.45, 7) is 3.68. The van der Waals surface area contributed by atoms with Crippen molar-refractivity contribution < 1.29 is 9.31 Å². The van der Waals surface area contributed by atoms with Crippen LogP contribution in [0.5, 0.6) is 0 Å². The Labute approximate surface area is 166 Å². The first-order valence-corrected chi connectivity index (χ1v) is 9.42. The minimum absolute atomic E-state index is 0.232. The Bertz CT molecular complexity index is 1020. The number of non-ortho nitro benzene ring substituents is 1. The molecule has 4 rings (SSSR count). The molecule has 9 heteroatoms. The van der Waals surface area contributed by atoms with Crippen molar-refractivity contribution in [1.82, 2.24) is 14.3 Å². The van der Waals surface area contributed by atoms with Gasteiger partial charge in [0.25, 0.3) is 5.69 Å². The van der Waals surface area contributed by atoms with Crippen molar-refractivity contribution >= 4 is 28.6 Å². The maximum atomic E-state index is 14.3. The molecule has 7 nitrogen and oxygen atoms in total. The standard InChI is InChI=1S/C19H19ClFN5O2/c20-14-2-5-19-22-15(13-25(19)11-14)12-23-6-1-7-24(9-8-23)18-4-3-16(26(27)28)10-17(18)21/h2-5,10-11,13H,1,6-9,12H2. The lowest BCUT2D eigenvalue weighted by atomic mass is 10.2. The van der Waals surface area contributed by atoms with Crippen LogP contribution < -0.4 is 4.90 Å². The van der Waals surface area contributed by atoms with E-state index in [4.69, 9.17) is 11.6 Å². The zero-order valence-corrected chi connectivity index (χ0v) is 15.8. The largest absolute Gasteiger partial charge is 0.368 e. The molecule has 0 bridgehead atoms. The van der Waals surface area contributed by atoms with Crippen LogP contribution in [0.1, 0.15) is 12.1 Å². The molecule has 1 aliphatic rings. The molecule has 0 radical (unpaired) electrons. The fourth-order valence-electron chi connectivity index (χ4n) is 3.56. The first-order valence-electron chi connectivity index (χ1n) is 9.04. The van der Waals surface area contributed by atoms with Gasteiger partial charge in [0.2, 0.25) is 0 Å². The number of nitro groups is 1. The van der Waals surface area contributed by atoms with E-state index in [-0.39, 0.29) is 5.69 Å². The quantitative estimate of drug-likeness (QED) is 0.490. The number of anilines is 1. The Morgan fingerprint density at radius 2 is 2.00 bits per heavy atom. The summed E-state index contributed by atoms with van der Waals surface area (Å²) in [5, 5.41) is 11.5. The maximum absolute atomic E-state index is 14.3. The van der Waals surface area contributed by atoms with Crippen molar-refractivity contribution in [2.75, 3.05) is 31.1 Å². The minimum atomic E-state index is -0.584. The van der Waals surface area contributed by atoms with Gasteiger partial charge >= 0.3 is 0 Å². The summed E-state index contributed by atoms with van der Waals surface area (Å²) in [5.41, 5.74) is 1.99. The van der Waals surface area contributed by atoms with E-state index in [0.29, 0.717) is 30.3 Å². The van der Waals surface area contributed by atoms with Crippen molar-refractivity contribution in [2.45, 2.75) is 13.0 Å². The minimum Gasteiger partial charge on any atom is -0.368 e. The van der Waals surface area contributed by atoms with E-state index in [0.717, 1.165) is 36.9 Å². The van der Waals surface area contributed by atoms with E-state index in [2.05, 4.69) is 9.88 Å². The van der Waals surface area contributed by atoms with Gasteiger partial charge in [0.05, 0.1) is 27.4 Å². The molecule has 0 aliphatic carbocycles. The summed E-state index contributed by atoms with van der Waals surface area (Å²) in [4.78, 5) is 19.1. The van der Waals surface area contributed by atoms with Gasteiger partial charge in [-0.05, 0) is 24.6 Å². The van der Waals surface area contributed by atoms with E-state index in [1.54, 1.807) is 0 Å². The van der Waals surface area contributed by atoms with E-state index in [1.165, 1.54) is 12.1 Å². The van der Waals surface area contributed by atoms with Crippen LogP contribution in [0.25, 0.3) is 5.65 Å². The van der Waals surface area contributed by atoms with Crippen molar-refractivity contribution in [1.29, 1.82) is 0 Å². The lowest BCUT2D eigenvalue weighted by Crippen LogP contribution is -2.31. The highest BCUT2D eigenvalue weighted by molar-refractivity contribution is 6.30. The third kappa shape index (κ3) is 3.93. The Morgan fingerprint density at radius 1 is 1.14 bits per heavy atom. The van der Waals surface area contributed by atoms with Crippen LogP contribution in [0.15, 0.2) is 42.7 Å². The molecule has 0 N–H and O–H groups in total. The van der Waals surface area contributed by atoms with E-state index >= 15 is 0 Å². The molecule has 1 aromatic carbocycles. The molecule has 1 saturated heterocycles. The predicted molar refractivity (Wildman–Crippen MR) is 105 cm³/mol. The normalized spacial score (nSPS) is 15.7. The van der Waals surface area contributed by atoms with E-state index in [9.17, 15) is 14.5 Å². The third-order valence-electron chi connectivity index (χ3n) is 4.92. The maximum Gasteiger partial charge on any atom is 0.272 e. The Hall–Kier alpha value is -2.71. The number of aromatic nitrogens is 2. The lowest BCUT2D eigenvalue weighted by Gasteiger charge is -2.23. The number of hydrogen-bond donors (Lipinski definition) is 0. The van der Waals surface area contributed by atoms with Gasteiger partial charge < -0.3 is 9.30 Å². The van der Waals surface area contributed by atoms with Crippen LogP contribution >= 0.6 is 11.6 Å². The molecule has 28 heavy (non-hydrogen) atoms. The second-order valence-electron chi connectivity index (χ2n) is 6.85. The summed E-state index contributed by atoms with van der Waals surface area (Å²) < 4.78 is 16.2.